The fourth-order valence-corrected chi connectivity index (χ4v) is 2.58. The highest BCUT2D eigenvalue weighted by atomic mass is 16.6. The van der Waals surface area contributed by atoms with Crippen LogP contribution in [0.1, 0.15) is 12.8 Å². The van der Waals surface area contributed by atoms with Crippen molar-refractivity contribution in [3.8, 4) is 5.75 Å². The number of nitro groups is 1. The molecule has 2 amide bonds. The van der Waals surface area contributed by atoms with E-state index in [1.807, 2.05) is 0 Å². The van der Waals surface area contributed by atoms with Crippen LogP contribution in [-0.4, -0.2) is 29.6 Å². The third-order valence-electron chi connectivity index (χ3n) is 3.95. The molecule has 2 aromatic carbocycles. The number of ether oxygens (including phenoxy) is 1. The van der Waals surface area contributed by atoms with Gasteiger partial charge in [-0.05, 0) is 24.3 Å². The molecule has 0 aromatic heterocycles. The predicted octanol–water partition coefficient (Wildman–Crippen LogP) is 2.72. The van der Waals surface area contributed by atoms with Gasteiger partial charge in [0.05, 0.1) is 23.8 Å². The zero-order valence-corrected chi connectivity index (χ0v) is 14.4. The molecule has 27 heavy (non-hydrogen) atoms. The number of hydrogen-bond acceptors (Lipinski definition) is 6. The summed E-state index contributed by atoms with van der Waals surface area (Å²) in [5, 5.41) is 19.0. The van der Waals surface area contributed by atoms with Crippen molar-refractivity contribution < 1.29 is 19.2 Å². The summed E-state index contributed by atoms with van der Waals surface area (Å²) >= 11 is 0. The summed E-state index contributed by atoms with van der Waals surface area (Å²) in [4.78, 5) is 35.3. The molecule has 138 valence electrons. The van der Waals surface area contributed by atoms with Crippen molar-refractivity contribution in [2.24, 2.45) is 5.10 Å². The van der Waals surface area contributed by atoms with Gasteiger partial charge in [-0.15, -0.1) is 0 Å². The average molecular weight is 368 g/mol. The van der Waals surface area contributed by atoms with Crippen molar-refractivity contribution in [3.05, 3.63) is 58.6 Å². The van der Waals surface area contributed by atoms with Crippen molar-refractivity contribution in [3.63, 3.8) is 0 Å². The minimum absolute atomic E-state index is 0.0247. The fraction of sp³-hybridized carbons (Fsp3) is 0.167. The van der Waals surface area contributed by atoms with Crippen LogP contribution in [0.15, 0.2) is 53.6 Å². The second kappa shape index (κ2) is 7.65. The van der Waals surface area contributed by atoms with E-state index in [0.717, 1.165) is 0 Å². The summed E-state index contributed by atoms with van der Waals surface area (Å²) in [6.07, 6.45) is 0.268. The quantitative estimate of drug-likeness (QED) is 0.644. The number of nitrogens with zero attached hydrogens (tertiary/aromatic N) is 3. The molecule has 9 heteroatoms. The van der Waals surface area contributed by atoms with E-state index in [1.54, 1.807) is 30.3 Å². The minimum atomic E-state index is -0.611. The Balaban J connectivity index is 1.86. The Morgan fingerprint density at radius 3 is 2.63 bits per heavy atom. The topological polar surface area (TPSA) is 114 Å². The van der Waals surface area contributed by atoms with Crippen molar-refractivity contribution in [1.29, 1.82) is 0 Å². The number of rotatable bonds is 5. The first kappa shape index (κ1) is 18.1. The van der Waals surface area contributed by atoms with E-state index < -0.39 is 10.8 Å². The van der Waals surface area contributed by atoms with Gasteiger partial charge in [-0.25, -0.2) is 5.01 Å². The van der Waals surface area contributed by atoms with Crippen molar-refractivity contribution in [1.82, 2.24) is 0 Å². The van der Waals surface area contributed by atoms with Gasteiger partial charge in [-0.2, -0.15) is 5.10 Å². The zero-order chi connectivity index (χ0) is 19.4. The molecule has 0 atom stereocenters. The third kappa shape index (κ3) is 3.92. The number of nitro benzene ring substituents is 1. The number of para-hydroxylation sites is 1. The SMILES string of the molecule is COc1ccc(NC(=O)C2=NN(c3ccccc3)C(=O)CC2)c([N+](=O)[O-])c1. The van der Waals surface area contributed by atoms with E-state index in [2.05, 4.69) is 10.4 Å². The Bertz CT molecular complexity index is 927. The molecule has 1 aliphatic rings. The lowest BCUT2D eigenvalue weighted by molar-refractivity contribution is -0.384. The fourth-order valence-electron chi connectivity index (χ4n) is 2.58. The number of hydrogen-bond donors (Lipinski definition) is 1. The van der Waals surface area contributed by atoms with Crippen LogP contribution in [0.3, 0.4) is 0 Å². The number of anilines is 2. The molecule has 3 rings (SSSR count). The summed E-state index contributed by atoms with van der Waals surface area (Å²) < 4.78 is 4.97. The molecule has 1 N–H and O–H groups in total. The second-order valence-corrected chi connectivity index (χ2v) is 5.68. The average Bonchev–Trinajstić information content (AvgIpc) is 2.69. The molecule has 0 spiro atoms. The van der Waals surface area contributed by atoms with Gasteiger partial charge in [-0.3, -0.25) is 19.7 Å². The van der Waals surface area contributed by atoms with E-state index in [1.165, 1.54) is 30.3 Å². The molecule has 0 bridgehead atoms. The summed E-state index contributed by atoms with van der Waals surface area (Å²) in [7, 11) is 1.39. The van der Waals surface area contributed by atoms with E-state index in [0.29, 0.717) is 11.4 Å². The van der Waals surface area contributed by atoms with Crippen LogP contribution in [0.25, 0.3) is 0 Å². The van der Waals surface area contributed by atoms with Gasteiger partial charge >= 0.3 is 0 Å². The Hall–Kier alpha value is -3.75. The van der Waals surface area contributed by atoms with Gasteiger partial charge in [0.25, 0.3) is 11.6 Å². The number of carbonyl (C=O) groups excluding carboxylic acids is 2. The maximum Gasteiger partial charge on any atom is 0.296 e. The largest absolute Gasteiger partial charge is 0.496 e. The minimum Gasteiger partial charge on any atom is -0.496 e. The standard InChI is InChI=1S/C18H16N4O5/c1-27-13-7-8-14(16(11-13)22(25)26)19-18(24)15-9-10-17(23)21(20-15)12-5-3-2-4-6-12/h2-8,11H,9-10H2,1H3,(H,19,24). The van der Waals surface area contributed by atoms with E-state index in [4.69, 9.17) is 4.74 Å². The van der Waals surface area contributed by atoms with Gasteiger partial charge in [0.1, 0.15) is 17.1 Å². The molecule has 0 fully saturated rings. The van der Waals surface area contributed by atoms with Crippen LogP contribution in [0.5, 0.6) is 5.75 Å². The van der Waals surface area contributed by atoms with Crippen molar-refractivity contribution in [2.45, 2.75) is 12.8 Å². The normalized spacial score (nSPS) is 13.7. The number of methoxy groups -OCH3 is 1. The highest BCUT2D eigenvalue weighted by molar-refractivity contribution is 6.44. The van der Waals surface area contributed by atoms with Crippen LogP contribution in [0, 0.1) is 10.1 Å². The van der Waals surface area contributed by atoms with E-state index in [9.17, 15) is 19.7 Å². The summed E-state index contributed by atoms with van der Waals surface area (Å²) in [5.74, 6) is -0.527. The Kier molecular flexibility index (Phi) is 5.11. The van der Waals surface area contributed by atoms with Gasteiger partial charge in [-0.1, -0.05) is 18.2 Å². The molecule has 1 aliphatic heterocycles. The molecule has 0 saturated heterocycles. The molecule has 1 heterocycles. The lowest BCUT2D eigenvalue weighted by Crippen LogP contribution is -2.36. The van der Waals surface area contributed by atoms with Gasteiger partial charge in [0, 0.05) is 12.8 Å². The summed E-state index contributed by atoms with van der Waals surface area (Å²) in [6.45, 7) is 0. The first-order chi connectivity index (χ1) is 13.0. The number of benzene rings is 2. The first-order valence-electron chi connectivity index (χ1n) is 8.09. The van der Waals surface area contributed by atoms with Crippen LogP contribution >= 0.6 is 0 Å². The summed E-state index contributed by atoms with van der Waals surface area (Å²) in [5.41, 5.74) is 0.387. The summed E-state index contributed by atoms with van der Waals surface area (Å²) in [6, 6.07) is 12.8. The van der Waals surface area contributed by atoms with Crippen LogP contribution in [0.2, 0.25) is 0 Å². The third-order valence-corrected chi connectivity index (χ3v) is 3.95. The van der Waals surface area contributed by atoms with Gasteiger partial charge < -0.3 is 10.1 Å². The number of nitrogens with one attached hydrogen (secondary N) is 1. The van der Waals surface area contributed by atoms with Gasteiger partial charge in [0.2, 0.25) is 5.91 Å². The van der Waals surface area contributed by atoms with E-state index in [-0.39, 0.29) is 35.8 Å². The molecular formula is C18H16N4O5. The highest BCUT2D eigenvalue weighted by Gasteiger charge is 2.27. The number of amides is 2. The smallest absolute Gasteiger partial charge is 0.296 e. The Morgan fingerprint density at radius 2 is 1.96 bits per heavy atom. The van der Waals surface area contributed by atoms with Gasteiger partial charge in [0.15, 0.2) is 0 Å². The van der Waals surface area contributed by atoms with Crippen LogP contribution in [-0.2, 0) is 9.59 Å². The number of hydrazone groups is 1. The molecule has 2 aromatic rings. The highest BCUT2D eigenvalue weighted by Crippen LogP contribution is 2.29. The Morgan fingerprint density at radius 1 is 1.22 bits per heavy atom. The first-order valence-corrected chi connectivity index (χ1v) is 8.09. The molecule has 0 saturated carbocycles. The maximum absolute atomic E-state index is 12.5. The zero-order valence-electron chi connectivity index (χ0n) is 14.4. The molecule has 9 nitrogen and oxygen atoms in total. The molecule has 0 radical (unpaired) electrons. The molecule has 0 unspecified atom stereocenters. The van der Waals surface area contributed by atoms with Crippen molar-refractivity contribution in [2.75, 3.05) is 17.4 Å². The van der Waals surface area contributed by atoms with Crippen LogP contribution in [0.4, 0.5) is 17.1 Å². The van der Waals surface area contributed by atoms with E-state index >= 15 is 0 Å². The monoisotopic (exact) mass is 368 g/mol. The lowest BCUT2D eigenvalue weighted by Gasteiger charge is -2.23. The Labute approximate surface area is 154 Å². The lowest BCUT2D eigenvalue weighted by atomic mass is 10.1. The van der Waals surface area contributed by atoms with Crippen LogP contribution < -0.4 is 15.1 Å². The van der Waals surface area contributed by atoms with Crippen molar-refractivity contribution >= 4 is 34.6 Å². The predicted molar refractivity (Wildman–Crippen MR) is 98.9 cm³/mol. The number of carbonyl (C=O) groups is 2. The maximum atomic E-state index is 12.5. The molecule has 0 aliphatic carbocycles. The molecular weight excluding hydrogens is 352 g/mol. The second-order valence-electron chi connectivity index (χ2n) is 5.68.